The van der Waals surface area contributed by atoms with Crippen molar-refractivity contribution in [1.82, 2.24) is 19.7 Å². The van der Waals surface area contributed by atoms with E-state index in [2.05, 4.69) is 28.5 Å². The van der Waals surface area contributed by atoms with Gasteiger partial charge in [-0.3, -0.25) is 4.68 Å². The van der Waals surface area contributed by atoms with Crippen molar-refractivity contribution in [2.45, 2.75) is 63.9 Å². The number of likely N-dealkylation sites (tertiary alicyclic amines) is 1. The molecule has 2 aromatic heterocycles. The monoisotopic (exact) mass is 435 g/mol. The second kappa shape index (κ2) is 7.39. The Labute approximate surface area is 179 Å². The first kappa shape index (κ1) is 20.6. The number of alkyl halides is 3. The van der Waals surface area contributed by atoms with E-state index in [4.69, 9.17) is 10.8 Å². The van der Waals surface area contributed by atoms with Gasteiger partial charge in [-0.2, -0.15) is 5.10 Å². The highest BCUT2D eigenvalue weighted by atomic mass is 19.4. The fraction of sp³-hybridized carbons (Fsp3) is 0.636. The third-order valence-electron chi connectivity index (χ3n) is 7.08. The van der Waals surface area contributed by atoms with Gasteiger partial charge in [-0.1, -0.05) is 0 Å². The number of ether oxygens (including phenoxy) is 1. The lowest BCUT2D eigenvalue weighted by atomic mass is 10.0. The van der Waals surface area contributed by atoms with Crippen LogP contribution in [0.4, 0.5) is 19.0 Å². The Kier molecular flexibility index (Phi) is 4.91. The molecule has 5 rings (SSSR count). The fourth-order valence-corrected chi connectivity index (χ4v) is 5.67. The van der Waals surface area contributed by atoms with Gasteiger partial charge in [-0.25, -0.2) is 4.98 Å². The summed E-state index contributed by atoms with van der Waals surface area (Å²) in [6.45, 7) is 6.61. The molecule has 2 N–H and O–H groups in total. The van der Waals surface area contributed by atoms with Crippen molar-refractivity contribution >= 4 is 5.82 Å². The van der Waals surface area contributed by atoms with Crippen molar-refractivity contribution in [1.29, 1.82) is 0 Å². The summed E-state index contributed by atoms with van der Waals surface area (Å²) in [6.07, 6.45) is 1.73. The van der Waals surface area contributed by atoms with Crippen molar-refractivity contribution in [3.05, 3.63) is 24.0 Å². The molecular formula is C22H28F3N5O. The van der Waals surface area contributed by atoms with Crippen LogP contribution in [0.15, 0.2) is 18.3 Å². The quantitative estimate of drug-likeness (QED) is 0.744. The van der Waals surface area contributed by atoms with Gasteiger partial charge < -0.3 is 15.4 Å². The topological polar surface area (TPSA) is 69.2 Å². The van der Waals surface area contributed by atoms with Gasteiger partial charge in [0.1, 0.15) is 0 Å². The SMILES string of the molecule is CC(C)n1nc(-c2cnc(N)c(OC(F)(F)F)c2)cc1[C@H]1[C@@H]2CC(N3CCCC3)C[C@@H]21. The molecule has 1 aliphatic heterocycles. The molecule has 2 aromatic rings. The van der Waals surface area contributed by atoms with E-state index in [1.54, 1.807) is 0 Å². The Hall–Kier alpha value is -2.29. The second-order valence-corrected chi connectivity index (χ2v) is 9.37. The minimum absolute atomic E-state index is 0.159. The van der Waals surface area contributed by atoms with Gasteiger partial charge in [-0.15, -0.1) is 13.2 Å². The summed E-state index contributed by atoms with van der Waals surface area (Å²) in [7, 11) is 0. The first-order valence-corrected chi connectivity index (χ1v) is 11.1. The Morgan fingerprint density at radius 1 is 1.13 bits per heavy atom. The first-order valence-electron chi connectivity index (χ1n) is 11.1. The van der Waals surface area contributed by atoms with Crippen molar-refractivity contribution in [3.8, 4) is 17.0 Å². The summed E-state index contributed by atoms with van der Waals surface area (Å²) in [5.74, 6) is 1.05. The molecule has 0 radical (unpaired) electrons. The first-order chi connectivity index (χ1) is 14.7. The molecule has 3 aliphatic rings. The number of rotatable bonds is 5. The van der Waals surface area contributed by atoms with E-state index in [0.29, 0.717) is 35.1 Å². The molecule has 0 aromatic carbocycles. The van der Waals surface area contributed by atoms with Crippen molar-refractivity contribution in [2.75, 3.05) is 18.8 Å². The lowest BCUT2D eigenvalue weighted by Crippen LogP contribution is -2.31. The van der Waals surface area contributed by atoms with Crippen LogP contribution in [-0.2, 0) is 0 Å². The van der Waals surface area contributed by atoms with E-state index >= 15 is 0 Å². The van der Waals surface area contributed by atoms with Gasteiger partial charge in [0, 0.05) is 35.5 Å². The molecule has 0 amide bonds. The van der Waals surface area contributed by atoms with Crippen LogP contribution in [0.1, 0.15) is 57.2 Å². The van der Waals surface area contributed by atoms with E-state index in [1.165, 1.54) is 56.7 Å². The van der Waals surface area contributed by atoms with Crippen molar-refractivity contribution < 1.29 is 17.9 Å². The smallest absolute Gasteiger partial charge is 0.402 e. The van der Waals surface area contributed by atoms with E-state index in [-0.39, 0.29) is 11.9 Å². The number of fused-ring (bicyclic) bond motifs is 1. The number of anilines is 1. The van der Waals surface area contributed by atoms with Gasteiger partial charge in [0.05, 0.1) is 5.69 Å². The zero-order valence-corrected chi connectivity index (χ0v) is 17.8. The predicted octanol–water partition coefficient (Wildman–Crippen LogP) is 4.59. The lowest BCUT2D eigenvalue weighted by Gasteiger charge is -2.25. The molecular weight excluding hydrogens is 407 g/mol. The number of aromatic nitrogens is 3. The van der Waals surface area contributed by atoms with Crippen LogP contribution in [0.3, 0.4) is 0 Å². The third kappa shape index (κ3) is 3.88. The van der Waals surface area contributed by atoms with Gasteiger partial charge in [0.15, 0.2) is 11.6 Å². The minimum atomic E-state index is -4.83. The summed E-state index contributed by atoms with van der Waals surface area (Å²) >= 11 is 0. The number of nitrogens with zero attached hydrogens (tertiary/aromatic N) is 4. The van der Waals surface area contributed by atoms with Crippen LogP contribution < -0.4 is 10.5 Å². The van der Waals surface area contributed by atoms with Crippen LogP contribution in [-0.4, -0.2) is 45.2 Å². The molecule has 3 heterocycles. The Balaban J connectivity index is 1.38. The van der Waals surface area contributed by atoms with E-state index < -0.39 is 12.1 Å². The van der Waals surface area contributed by atoms with Gasteiger partial charge in [-0.05, 0) is 76.6 Å². The molecule has 9 heteroatoms. The number of nitrogens with two attached hydrogens (primary N) is 1. The van der Waals surface area contributed by atoms with E-state index in [0.717, 1.165) is 0 Å². The molecule has 1 unspecified atom stereocenters. The summed E-state index contributed by atoms with van der Waals surface area (Å²) in [5.41, 5.74) is 7.82. The third-order valence-corrected chi connectivity index (χ3v) is 7.08. The van der Waals surface area contributed by atoms with Crippen LogP contribution in [0.2, 0.25) is 0 Å². The Morgan fingerprint density at radius 3 is 2.42 bits per heavy atom. The average Bonchev–Trinajstić information content (AvgIpc) is 3.21. The molecule has 31 heavy (non-hydrogen) atoms. The molecule has 168 valence electrons. The van der Waals surface area contributed by atoms with Gasteiger partial charge in [0.25, 0.3) is 0 Å². The number of hydrogen-bond acceptors (Lipinski definition) is 5. The summed E-state index contributed by atoms with van der Waals surface area (Å²) < 4.78 is 44.1. The molecule has 3 fully saturated rings. The van der Waals surface area contributed by atoms with Crippen LogP contribution in [0.5, 0.6) is 5.75 Å². The van der Waals surface area contributed by atoms with Crippen molar-refractivity contribution in [3.63, 3.8) is 0 Å². The highest BCUT2D eigenvalue weighted by Gasteiger charge is 2.58. The zero-order chi connectivity index (χ0) is 21.9. The zero-order valence-electron chi connectivity index (χ0n) is 17.8. The van der Waals surface area contributed by atoms with E-state index in [9.17, 15) is 13.2 Å². The molecule has 0 bridgehead atoms. The molecule has 1 saturated heterocycles. The molecule has 2 saturated carbocycles. The van der Waals surface area contributed by atoms with Gasteiger partial charge in [0.2, 0.25) is 0 Å². The maximum absolute atomic E-state index is 12.7. The fourth-order valence-electron chi connectivity index (χ4n) is 5.67. The summed E-state index contributed by atoms with van der Waals surface area (Å²) in [5, 5.41) is 4.72. The molecule has 4 atom stereocenters. The van der Waals surface area contributed by atoms with Gasteiger partial charge >= 0.3 is 6.36 Å². The van der Waals surface area contributed by atoms with Crippen LogP contribution in [0, 0.1) is 11.8 Å². The number of hydrogen-bond donors (Lipinski definition) is 1. The lowest BCUT2D eigenvalue weighted by molar-refractivity contribution is -0.274. The number of halogens is 3. The standard InChI is InChI=1S/C22H28F3N5O/c1-12(2)30-18(20-15-8-14(9-16(15)20)29-5-3-4-6-29)10-17(28-30)13-7-19(21(26)27-11-13)31-22(23,24)25/h7,10-12,14-16,20H,3-6,8-9H2,1-2H3,(H2,26,27)/t14?,15-,16+,20+. The maximum atomic E-state index is 12.7. The van der Waals surface area contributed by atoms with Crippen LogP contribution >= 0.6 is 0 Å². The molecule has 6 nitrogen and oxygen atoms in total. The highest BCUT2D eigenvalue weighted by molar-refractivity contribution is 5.64. The normalized spacial score (nSPS) is 28.3. The summed E-state index contributed by atoms with van der Waals surface area (Å²) in [4.78, 5) is 6.54. The maximum Gasteiger partial charge on any atom is 0.573 e. The predicted molar refractivity (Wildman–Crippen MR) is 110 cm³/mol. The minimum Gasteiger partial charge on any atom is -0.402 e. The number of pyridine rings is 1. The number of nitrogen functional groups attached to an aromatic ring is 1. The Morgan fingerprint density at radius 2 is 1.81 bits per heavy atom. The highest BCUT2D eigenvalue weighted by Crippen LogP contribution is 2.64. The largest absolute Gasteiger partial charge is 0.573 e. The molecule has 2 aliphatic carbocycles. The second-order valence-electron chi connectivity index (χ2n) is 9.37. The Bertz CT molecular complexity index is 955. The van der Waals surface area contributed by atoms with E-state index in [1.807, 2.05) is 10.7 Å². The molecule has 0 spiro atoms. The average molecular weight is 435 g/mol. The van der Waals surface area contributed by atoms with Crippen molar-refractivity contribution in [2.24, 2.45) is 11.8 Å². The van der Waals surface area contributed by atoms with Crippen LogP contribution in [0.25, 0.3) is 11.3 Å². The summed E-state index contributed by atoms with van der Waals surface area (Å²) in [6, 6.07) is 4.15.